The zero-order valence-electron chi connectivity index (χ0n) is 13.4. The third-order valence-electron chi connectivity index (χ3n) is 6.70. The molecular weight excluding hydrogens is 280 g/mol. The highest BCUT2D eigenvalue weighted by molar-refractivity contribution is 5.98. The van der Waals surface area contributed by atoms with Crippen LogP contribution in [0.5, 0.6) is 0 Å². The first-order valence-electron chi connectivity index (χ1n) is 8.91. The van der Waals surface area contributed by atoms with Crippen LogP contribution in [0.25, 0.3) is 0 Å². The van der Waals surface area contributed by atoms with Gasteiger partial charge in [0.1, 0.15) is 5.78 Å². The van der Waals surface area contributed by atoms with Gasteiger partial charge in [0.25, 0.3) is 0 Å². The average molecular weight is 302 g/mol. The number of carbonyl (C=O) groups is 1. The monoisotopic (exact) mass is 302 g/mol. The second-order valence-electron chi connectivity index (χ2n) is 7.83. The molecule has 4 unspecified atom stereocenters. The van der Waals surface area contributed by atoms with E-state index in [-0.39, 0.29) is 10.8 Å². The van der Waals surface area contributed by atoms with E-state index in [1.807, 2.05) is 0 Å². The largest absolute Gasteiger partial charge is 0.298 e. The third-order valence-corrected chi connectivity index (χ3v) is 6.70. The molecule has 2 aromatic carbocycles. The summed E-state index contributed by atoms with van der Waals surface area (Å²) in [6.45, 7) is 0. The summed E-state index contributed by atoms with van der Waals surface area (Å²) in [5.41, 5.74) is 2.69. The van der Waals surface area contributed by atoms with Crippen molar-refractivity contribution in [2.75, 3.05) is 0 Å². The van der Waals surface area contributed by atoms with Gasteiger partial charge in [-0.15, -0.1) is 0 Å². The van der Waals surface area contributed by atoms with Gasteiger partial charge in [-0.05, 0) is 48.6 Å². The molecule has 0 saturated heterocycles. The van der Waals surface area contributed by atoms with E-state index in [0.717, 1.165) is 25.7 Å². The molecule has 3 aliphatic rings. The van der Waals surface area contributed by atoms with Crippen molar-refractivity contribution < 1.29 is 4.79 Å². The minimum atomic E-state index is -0.0247. The number of hydrogen-bond acceptors (Lipinski definition) is 1. The van der Waals surface area contributed by atoms with Crippen LogP contribution in [0, 0.1) is 10.8 Å². The minimum absolute atomic E-state index is 0.0247. The highest BCUT2D eigenvalue weighted by Crippen LogP contribution is 2.75. The maximum absolute atomic E-state index is 13.5. The molecule has 1 heteroatoms. The molecule has 2 aromatic rings. The standard InChI is InChI=1S/C22H22O/c23-20-21(14-18(21)16-8-3-1-4-9-16)12-7-13-22(20)15-19(22)17-10-5-2-6-11-17/h1-6,8-11,18-19H,7,12-15H2. The van der Waals surface area contributed by atoms with Crippen LogP contribution in [0.15, 0.2) is 60.7 Å². The second kappa shape index (κ2) is 4.56. The van der Waals surface area contributed by atoms with Crippen molar-refractivity contribution in [2.24, 2.45) is 10.8 Å². The van der Waals surface area contributed by atoms with E-state index in [9.17, 15) is 4.79 Å². The molecule has 23 heavy (non-hydrogen) atoms. The molecule has 0 radical (unpaired) electrons. The Kier molecular flexibility index (Phi) is 2.69. The molecule has 4 atom stereocenters. The van der Waals surface area contributed by atoms with E-state index in [0.29, 0.717) is 17.6 Å². The average Bonchev–Trinajstić information content (AvgIpc) is 3.50. The number of rotatable bonds is 2. The SMILES string of the molecule is O=C1C2(CCCC13CC3c1ccccc1)CC2c1ccccc1. The van der Waals surface area contributed by atoms with Crippen molar-refractivity contribution in [3.05, 3.63) is 71.8 Å². The number of Topliss-reactive ketones (excluding diaryl/α,β-unsaturated/α-hetero) is 1. The highest BCUT2D eigenvalue weighted by atomic mass is 16.1. The van der Waals surface area contributed by atoms with Crippen LogP contribution in [-0.4, -0.2) is 5.78 Å². The van der Waals surface area contributed by atoms with Gasteiger partial charge in [-0.1, -0.05) is 67.1 Å². The van der Waals surface area contributed by atoms with E-state index in [2.05, 4.69) is 60.7 Å². The van der Waals surface area contributed by atoms with Crippen LogP contribution in [0.4, 0.5) is 0 Å². The lowest BCUT2D eigenvalue weighted by molar-refractivity contribution is -0.132. The Balaban J connectivity index is 1.44. The zero-order chi connectivity index (χ0) is 15.5. The van der Waals surface area contributed by atoms with Gasteiger partial charge in [0.2, 0.25) is 0 Å². The first-order valence-corrected chi connectivity index (χ1v) is 8.91. The van der Waals surface area contributed by atoms with Crippen LogP contribution >= 0.6 is 0 Å². The molecule has 3 saturated carbocycles. The Morgan fingerprint density at radius 3 is 1.57 bits per heavy atom. The third kappa shape index (κ3) is 1.83. The van der Waals surface area contributed by atoms with Gasteiger partial charge in [0.05, 0.1) is 0 Å². The maximum atomic E-state index is 13.5. The molecule has 0 N–H and O–H groups in total. The second-order valence-corrected chi connectivity index (χ2v) is 7.83. The van der Waals surface area contributed by atoms with E-state index < -0.39 is 0 Å². The summed E-state index contributed by atoms with van der Waals surface area (Å²) in [5, 5.41) is 0. The molecular formula is C22H22O. The van der Waals surface area contributed by atoms with Crippen molar-refractivity contribution in [1.29, 1.82) is 0 Å². The van der Waals surface area contributed by atoms with Crippen molar-refractivity contribution >= 4 is 5.78 Å². The fourth-order valence-corrected chi connectivity index (χ4v) is 5.35. The minimum Gasteiger partial charge on any atom is -0.298 e. The molecule has 116 valence electrons. The van der Waals surface area contributed by atoms with Crippen LogP contribution in [0.2, 0.25) is 0 Å². The van der Waals surface area contributed by atoms with Crippen LogP contribution in [-0.2, 0) is 4.79 Å². The highest BCUT2D eigenvalue weighted by Gasteiger charge is 2.72. The fourth-order valence-electron chi connectivity index (χ4n) is 5.35. The lowest BCUT2D eigenvalue weighted by Crippen LogP contribution is -2.33. The summed E-state index contributed by atoms with van der Waals surface area (Å²) in [6, 6.07) is 21.4. The fraction of sp³-hybridized carbons (Fsp3) is 0.409. The van der Waals surface area contributed by atoms with Crippen molar-refractivity contribution in [3.8, 4) is 0 Å². The van der Waals surface area contributed by atoms with E-state index in [1.165, 1.54) is 17.5 Å². The van der Waals surface area contributed by atoms with Gasteiger partial charge in [-0.25, -0.2) is 0 Å². The summed E-state index contributed by atoms with van der Waals surface area (Å²) in [6.07, 6.45) is 5.60. The van der Waals surface area contributed by atoms with Gasteiger partial charge < -0.3 is 0 Å². The Morgan fingerprint density at radius 2 is 1.13 bits per heavy atom. The topological polar surface area (TPSA) is 17.1 Å². The van der Waals surface area contributed by atoms with Gasteiger partial charge >= 0.3 is 0 Å². The van der Waals surface area contributed by atoms with E-state index >= 15 is 0 Å². The molecule has 3 aliphatic carbocycles. The summed E-state index contributed by atoms with van der Waals surface area (Å²) in [4.78, 5) is 13.5. The van der Waals surface area contributed by atoms with Crippen LogP contribution in [0.1, 0.15) is 55.1 Å². The van der Waals surface area contributed by atoms with Crippen LogP contribution < -0.4 is 0 Å². The van der Waals surface area contributed by atoms with Crippen molar-refractivity contribution in [3.63, 3.8) is 0 Å². The van der Waals surface area contributed by atoms with Crippen LogP contribution in [0.3, 0.4) is 0 Å². The van der Waals surface area contributed by atoms with Crippen molar-refractivity contribution in [1.82, 2.24) is 0 Å². The number of benzene rings is 2. The van der Waals surface area contributed by atoms with E-state index in [1.54, 1.807) is 0 Å². The molecule has 1 nitrogen and oxygen atoms in total. The normalized spacial score (nSPS) is 38.0. The Hall–Kier alpha value is -1.89. The lowest BCUT2D eigenvalue weighted by atomic mass is 9.72. The van der Waals surface area contributed by atoms with Gasteiger partial charge in [0.15, 0.2) is 0 Å². The molecule has 3 fully saturated rings. The molecule has 5 rings (SSSR count). The molecule has 0 aliphatic heterocycles. The van der Waals surface area contributed by atoms with Gasteiger partial charge in [0, 0.05) is 10.8 Å². The number of ketones is 1. The summed E-state index contributed by atoms with van der Waals surface area (Å²) < 4.78 is 0. The molecule has 0 bridgehead atoms. The Bertz CT molecular complexity index is 687. The molecule has 0 aromatic heterocycles. The summed E-state index contributed by atoms with van der Waals surface area (Å²) >= 11 is 0. The molecule has 2 spiro atoms. The smallest absolute Gasteiger partial charge is 0.146 e. The van der Waals surface area contributed by atoms with Gasteiger partial charge in [-0.2, -0.15) is 0 Å². The predicted octanol–water partition coefficient (Wildman–Crippen LogP) is 5.09. The zero-order valence-corrected chi connectivity index (χ0v) is 13.4. The summed E-state index contributed by atoms with van der Waals surface area (Å²) in [5.74, 6) is 1.55. The lowest BCUT2D eigenvalue weighted by Gasteiger charge is -2.30. The predicted molar refractivity (Wildman–Crippen MR) is 91.3 cm³/mol. The Morgan fingerprint density at radius 1 is 0.696 bits per heavy atom. The number of carbonyl (C=O) groups excluding carboxylic acids is 1. The van der Waals surface area contributed by atoms with Crippen molar-refractivity contribution in [2.45, 2.75) is 43.9 Å². The molecule has 0 heterocycles. The van der Waals surface area contributed by atoms with Gasteiger partial charge in [-0.3, -0.25) is 4.79 Å². The number of hydrogen-bond donors (Lipinski definition) is 0. The quantitative estimate of drug-likeness (QED) is 0.755. The summed E-state index contributed by atoms with van der Waals surface area (Å²) in [7, 11) is 0. The molecule has 0 amide bonds. The first-order chi connectivity index (χ1) is 11.3. The Labute approximate surface area is 137 Å². The van der Waals surface area contributed by atoms with E-state index in [4.69, 9.17) is 0 Å². The first kappa shape index (κ1) is 13.5. The maximum Gasteiger partial charge on any atom is 0.146 e.